The van der Waals surface area contributed by atoms with Crippen molar-refractivity contribution in [2.24, 2.45) is 0 Å². The Morgan fingerprint density at radius 1 is 1.14 bits per heavy atom. The Labute approximate surface area is 178 Å². The molecule has 2 aromatic carbocycles. The zero-order chi connectivity index (χ0) is 21.0. The molecule has 2 N–H and O–H groups in total. The quantitative estimate of drug-likeness (QED) is 0.377. The first-order valence-corrected chi connectivity index (χ1v) is 10.3. The van der Waals surface area contributed by atoms with Crippen molar-refractivity contribution in [1.29, 1.82) is 0 Å². The summed E-state index contributed by atoms with van der Waals surface area (Å²) in [5.74, 6) is -0.833. The normalized spacial score (nSPS) is 10.5. The van der Waals surface area contributed by atoms with Crippen LogP contribution in [0, 0.1) is 19.7 Å². The molecule has 3 aromatic rings. The van der Waals surface area contributed by atoms with Gasteiger partial charge in [0.1, 0.15) is 16.4 Å². The number of anilines is 2. The molecule has 0 spiro atoms. The SMILES string of the molecule is CCOC(=O)c1c(NC(=S)Nc2cc(C)ccc2F)sc(C)c1-c1ccccc1. The maximum atomic E-state index is 14.0. The Hall–Kier alpha value is -2.77. The zero-order valence-corrected chi connectivity index (χ0v) is 18.0. The minimum Gasteiger partial charge on any atom is -0.462 e. The van der Waals surface area contributed by atoms with Crippen molar-refractivity contribution in [2.45, 2.75) is 20.8 Å². The first-order chi connectivity index (χ1) is 13.9. The van der Waals surface area contributed by atoms with Gasteiger partial charge in [-0.2, -0.15) is 0 Å². The van der Waals surface area contributed by atoms with Crippen LogP contribution in [0.1, 0.15) is 27.7 Å². The Morgan fingerprint density at radius 3 is 2.55 bits per heavy atom. The third kappa shape index (κ3) is 4.81. The molecule has 0 aliphatic heterocycles. The minimum absolute atomic E-state index is 0.195. The highest BCUT2D eigenvalue weighted by molar-refractivity contribution is 7.80. The summed E-state index contributed by atoms with van der Waals surface area (Å²) in [5.41, 5.74) is 3.33. The summed E-state index contributed by atoms with van der Waals surface area (Å²) in [6, 6.07) is 14.4. The van der Waals surface area contributed by atoms with Crippen LogP contribution < -0.4 is 10.6 Å². The number of hydrogen-bond acceptors (Lipinski definition) is 4. The smallest absolute Gasteiger partial charge is 0.341 e. The van der Waals surface area contributed by atoms with Crippen LogP contribution in [0.4, 0.5) is 15.1 Å². The van der Waals surface area contributed by atoms with Gasteiger partial charge in [-0.3, -0.25) is 0 Å². The van der Waals surface area contributed by atoms with Crippen LogP contribution in [-0.4, -0.2) is 17.7 Å². The Balaban J connectivity index is 1.95. The van der Waals surface area contributed by atoms with Gasteiger partial charge in [-0.1, -0.05) is 36.4 Å². The fourth-order valence-corrected chi connectivity index (χ4v) is 4.32. The van der Waals surface area contributed by atoms with Crippen LogP contribution in [-0.2, 0) is 4.74 Å². The van der Waals surface area contributed by atoms with E-state index < -0.39 is 11.8 Å². The van der Waals surface area contributed by atoms with Crippen LogP contribution >= 0.6 is 23.6 Å². The van der Waals surface area contributed by atoms with Crippen molar-refractivity contribution in [1.82, 2.24) is 0 Å². The van der Waals surface area contributed by atoms with E-state index in [1.807, 2.05) is 44.2 Å². The first kappa shape index (κ1) is 21.0. The average molecular weight is 429 g/mol. The van der Waals surface area contributed by atoms with E-state index in [1.165, 1.54) is 17.4 Å². The van der Waals surface area contributed by atoms with E-state index >= 15 is 0 Å². The molecule has 0 fully saturated rings. The number of aryl methyl sites for hydroxylation is 2. The number of ether oxygens (including phenoxy) is 1. The maximum absolute atomic E-state index is 14.0. The predicted molar refractivity (Wildman–Crippen MR) is 121 cm³/mol. The molecular formula is C22H21FN2O2S2. The summed E-state index contributed by atoms with van der Waals surface area (Å²) in [7, 11) is 0. The number of carbonyl (C=O) groups excluding carboxylic acids is 1. The largest absolute Gasteiger partial charge is 0.462 e. The zero-order valence-electron chi connectivity index (χ0n) is 16.3. The van der Waals surface area contributed by atoms with Crippen molar-refractivity contribution in [2.75, 3.05) is 17.2 Å². The highest BCUT2D eigenvalue weighted by Crippen LogP contribution is 2.40. The summed E-state index contributed by atoms with van der Waals surface area (Å²) in [6.45, 7) is 5.84. The second-order valence-electron chi connectivity index (χ2n) is 6.39. The van der Waals surface area contributed by atoms with Gasteiger partial charge in [0.05, 0.1) is 12.3 Å². The lowest BCUT2D eigenvalue weighted by atomic mass is 10.0. The molecule has 3 rings (SSSR count). The van der Waals surface area contributed by atoms with E-state index in [0.29, 0.717) is 10.6 Å². The Bertz CT molecular complexity index is 1050. The lowest BCUT2D eigenvalue weighted by Gasteiger charge is -2.13. The van der Waals surface area contributed by atoms with E-state index in [2.05, 4.69) is 10.6 Å². The molecule has 0 aliphatic rings. The summed E-state index contributed by atoms with van der Waals surface area (Å²) in [6.07, 6.45) is 0. The van der Waals surface area contributed by atoms with E-state index in [4.69, 9.17) is 17.0 Å². The van der Waals surface area contributed by atoms with Gasteiger partial charge in [-0.05, 0) is 56.2 Å². The molecule has 150 valence electrons. The molecular weight excluding hydrogens is 407 g/mol. The first-order valence-electron chi connectivity index (χ1n) is 9.10. The molecule has 1 heterocycles. The molecule has 7 heteroatoms. The molecule has 0 amide bonds. The third-order valence-electron chi connectivity index (χ3n) is 4.22. The second kappa shape index (κ2) is 9.15. The standard InChI is InChI=1S/C22H21FN2O2S2/c1-4-27-21(26)19-18(15-8-6-5-7-9-15)14(3)29-20(19)25-22(28)24-17-12-13(2)10-11-16(17)23/h5-12H,4H2,1-3H3,(H2,24,25,28). The average Bonchev–Trinajstić information content (AvgIpc) is 3.01. The summed E-state index contributed by atoms with van der Waals surface area (Å²) in [5, 5.41) is 6.67. The van der Waals surface area contributed by atoms with E-state index in [9.17, 15) is 9.18 Å². The number of hydrogen-bond donors (Lipinski definition) is 2. The molecule has 0 saturated heterocycles. The van der Waals surface area contributed by atoms with Gasteiger partial charge < -0.3 is 15.4 Å². The number of benzene rings is 2. The lowest BCUT2D eigenvalue weighted by molar-refractivity contribution is 0.0529. The maximum Gasteiger partial charge on any atom is 0.341 e. The van der Waals surface area contributed by atoms with Crippen molar-refractivity contribution in [3.05, 3.63) is 70.4 Å². The van der Waals surface area contributed by atoms with Crippen LogP contribution in [0.15, 0.2) is 48.5 Å². The molecule has 0 atom stereocenters. The number of thiocarbonyl (C=S) groups is 1. The van der Waals surface area contributed by atoms with Crippen LogP contribution in [0.25, 0.3) is 11.1 Å². The fraction of sp³-hybridized carbons (Fsp3) is 0.182. The number of carbonyl (C=O) groups is 1. The van der Waals surface area contributed by atoms with Crippen LogP contribution in [0.3, 0.4) is 0 Å². The number of halogens is 1. The second-order valence-corrected chi connectivity index (χ2v) is 8.02. The van der Waals surface area contributed by atoms with E-state index in [1.54, 1.807) is 19.1 Å². The number of thiophene rings is 1. The van der Waals surface area contributed by atoms with Crippen molar-refractivity contribution in [3.63, 3.8) is 0 Å². The molecule has 29 heavy (non-hydrogen) atoms. The summed E-state index contributed by atoms with van der Waals surface area (Å²) >= 11 is 6.77. The Morgan fingerprint density at radius 2 is 1.86 bits per heavy atom. The number of esters is 1. The monoisotopic (exact) mass is 428 g/mol. The van der Waals surface area contributed by atoms with Crippen LogP contribution in [0.5, 0.6) is 0 Å². The highest BCUT2D eigenvalue weighted by Gasteiger charge is 2.25. The topological polar surface area (TPSA) is 50.4 Å². The molecule has 0 bridgehead atoms. The number of nitrogens with one attached hydrogen (secondary N) is 2. The van der Waals surface area contributed by atoms with Gasteiger partial charge in [0.15, 0.2) is 5.11 Å². The molecule has 4 nitrogen and oxygen atoms in total. The van der Waals surface area contributed by atoms with E-state index in [-0.39, 0.29) is 17.4 Å². The molecule has 0 unspecified atom stereocenters. The van der Waals surface area contributed by atoms with Gasteiger partial charge in [0, 0.05) is 10.4 Å². The Kier molecular flexibility index (Phi) is 6.61. The van der Waals surface area contributed by atoms with Gasteiger partial charge in [-0.25, -0.2) is 9.18 Å². The minimum atomic E-state index is -0.428. The molecule has 0 saturated carbocycles. The van der Waals surface area contributed by atoms with Gasteiger partial charge in [-0.15, -0.1) is 11.3 Å². The molecule has 1 aromatic heterocycles. The van der Waals surface area contributed by atoms with Crippen molar-refractivity contribution >= 4 is 45.3 Å². The third-order valence-corrected chi connectivity index (χ3v) is 5.45. The van der Waals surface area contributed by atoms with Crippen molar-refractivity contribution < 1.29 is 13.9 Å². The molecule has 0 radical (unpaired) electrons. The van der Waals surface area contributed by atoms with Gasteiger partial charge >= 0.3 is 5.97 Å². The molecule has 0 aliphatic carbocycles. The van der Waals surface area contributed by atoms with E-state index in [0.717, 1.165) is 21.6 Å². The lowest BCUT2D eigenvalue weighted by Crippen LogP contribution is -2.21. The fourth-order valence-electron chi connectivity index (χ4n) is 2.97. The highest BCUT2D eigenvalue weighted by atomic mass is 32.1. The van der Waals surface area contributed by atoms with Gasteiger partial charge in [0.2, 0.25) is 0 Å². The summed E-state index contributed by atoms with van der Waals surface area (Å²) < 4.78 is 19.3. The van der Waals surface area contributed by atoms with Crippen LogP contribution in [0.2, 0.25) is 0 Å². The number of rotatable bonds is 5. The predicted octanol–water partition coefficient (Wildman–Crippen LogP) is 6.16. The van der Waals surface area contributed by atoms with Crippen molar-refractivity contribution in [3.8, 4) is 11.1 Å². The summed E-state index contributed by atoms with van der Waals surface area (Å²) in [4.78, 5) is 13.7. The van der Waals surface area contributed by atoms with Gasteiger partial charge in [0.25, 0.3) is 0 Å².